The zero-order valence-electron chi connectivity index (χ0n) is 16.4. The van der Waals surface area contributed by atoms with Gasteiger partial charge in [-0.05, 0) is 37.1 Å². The van der Waals surface area contributed by atoms with E-state index in [1.54, 1.807) is 6.92 Å². The molecule has 5 nitrogen and oxygen atoms in total. The predicted molar refractivity (Wildman–Crippen MR) is 103 cm³/mol. The van der Waals surface area contributed by atoms with Crippen molar-refractivity contribution in [3.8, 4) is 11.1 Å². The summed E-state index contributed by atoms with van der Waals surface area (Å²) in [4.78, 5) is 26.9. The number of amides is 1. The van der Waals surface area contributed by atoms with Crippen LogP contribution in [-0.4, -0.2) is 39.0 Å². The molecule has 3 heterocycles. The Labute approximate surface area is 173 Å². The van der Waals surface area contributed by atoms with E-state index >= 15 is 0 Å². The predicted octanol–water partition coefficient (Wildman–Crippen LogP) is 3.80. The van der Waals surface area contributed by atoms with Crippen LogP contribution < -0.4 is 5.56 Å². The summed E-state index contributed by atoms with van der Waals surface area (Å²) in [5, 5.41) is 0. The highest BCUT2D eigenvalue weighted by molar-refractivity contribution is 5.82. The van der Waals surface area contributed by atoms with Crippen molar-refractivity contribution < 1.29 is 26.7 Å². The summed E-state index contributed by atoms with van der Waals surface area (Å²) in [6.07, 6.45) is -2.75. The van der Waals surface area contributed by atoms with Crippen molar-refractivity contribution in [1.82, 2.24) is 13.9 Å². The maximum Gasteiger partial charge on any atom is 0.419 e. The number of nitrogens with zero attached hydrogens (tertiary/aromatic N) is 3. The summed E-state index contributed by atoms with van der Waals surface area (Å²) < 4.78 is 69.1. The van der Waals surface area contributed by atoms with E-state index in [0.29, 0.717) is 17.8 Å². The lowest BCUT2D eigenvalue weighted by Gasteiger charge is -2.17. The molecule has 31 heavy (non-hydrogen) atoms. The average Bonchev–Trinajstić information content (AvgIpc) is 3.32. The van der Waals surface area contributed by atoms with Crippen LogP contribution in [0, 0.1) is 12.7 Å². The van der Waals surface area contributed by atoms with Crippen LogP contribution in [0.1, 0.15) is 17.7 Å². The number of likely N-dealkylation sites (tertiary alicyclic amines) is 1. The van der Waals surface area contributed by atoms with Crippen molar-refractivity contribution in [3.63, 3.8) is 0 Å². The van der Waals surface area contributed by atoms with E-state index in [0.717, 1.165) is 4.57 Å². The number of fused-ring (bicyclic) bond motifs is 1. The maximum atomic E-state index is 13.7. The van der Waals surface area contributed by atoms with Gasteiger partial charge in [0, 0.05) is 30.2 Å². The SMILES string of the molecule is Cc1cn(CC(=O)N2CCC(F)C2)c(=O)c2c(-c3ccc(F)c(C(F)(F)F)c3)ccn12. The second-order valence-corrected chi connectivity index (χ2v) is 7.57. The minimum Gasteiger partial charge on any atom is -0.338 e. The largest absolute Gasteiger partial charge is 0.419 e. The van der Waals surface area contributed by atoms with Gasteiger partial charge in [0.15, 0.2) is 0 Å². The zero-order chi connectivity index (χ0) is 22.5. The molecule has 0 N–H and O–H groups in total. The van der Waals surface area contributed by atoms with Crippen LogP contribution in [0.5, 0.6) is 0 Å². The van der Waals surface area contributed by atoms with E-state index in [1.165, 1.54) is 33.8 Å². The molecule has 1 unspecified atom stereocenters. The van der Waals surface area contributed by atoms with Gasteiger partial charge in [-0.15, -0.1) is 0 Å². The first-order chi connectivity index (χ1) is 14.6. The Morgan fingerprint density at radius 2 is 1.97 bits per heavy atom. The van der Waals surface area contributed by atoms with Crippen LogP contribution >= 0.6 is 0 Å². The quantitative estimate of drug-likeness (QED) is 0.583. The summed E-state index contributed by atoms with van der Waals surface area (Å²) in [7, 11) is 0. The molecule has 0 bridgehead atoms. The molecule has 164 valence electrons. The molecule has 0 saturated carbocycles. The molecule has 1 aromatic carbocycles. The molecule has 1 aliphatic rings. The molecule has 1 aliphatic heterocycles. The molecule has 1 atom stereocenters. The summed E-state index contributed by atoms with van der Waals surface area (Å²) in [5.41, 5.74) is -1.17. The first-order valence-electron chi connectivity index (χ1n) is 9.56. The van der Waals surface area contributed by atoms with Crippen LogP contribution in [0.25, 0.3) is 16.6 Å². The number of benzene rings is 1. The van der Waals surface area contributed by atoms with Crippen molar-refractivity contribution >= 4 is 11.4 Å². The Balaban J connectivity index is 1.79. The van der Waals surface area contributed by atoms with Gasteiger partial charge in [-0.25, -0.2) is 8.78 Å². The maximum absolute atomic E-state index is 13.7. The van der Waals surface area contributed by atoms with Crippen LogP contribution in [0.15, 0.2) is 41.5 Å². The normalized spacial score (nSPS) is 17.0. The Hall–Kier alpha value is -3.17. The topological polar surface area (TPSA) is 46.7 Å². The van der Waals surface area contributed by atoms with E-state index in [9.17, 15) is 31.5 Å². The molecule has 10 heteroatoms. The first-order valence-corrected chi connectivity index (χ1v) is 9.56. The third-order valence-electron chi connectivity index (χ3n) is 5.44. The van der Waals surface area contributed by atoms with Crippen LogP contribution in [-0.2, 0) is 17.5 Å². The number of halogens is 5. The molecule has 3 aromatic rings. The van der Waals surface area contributed by atoms with E-state index < -0.39 is 35.2 Å². The van der Waals surface area contributed by atoms with E-state index in [1.807, 2.05) is 0 Å². The second kappa shape index (κ2) is 7.51. The smallest absolute Gasteiger partial charge is 0.338 e. The van der Waals surface area contributed by atoms with Gasteiger partial charge in [-0.2, -0.15) is 13.2 Å². The van der Waals surface area contributed by atoms with Gasteiger partial charge in [0.1, 0.15) is 24.1 Å². The summed E-state index contributed by atoms with van der Waals surface area (Å²) in [6, 6.07) is 4.01. The van der Waals surface area contributed by atoms with Gasteiger partial charge >= 0.3 is 6.18 Å². The van der Waals surface area contributed by atoms with Gasteiger partial charge in [0.2, 0.25) is 5.91 Å². The van der Waals surface area contributed by atoms with Crippen LogP contribution in [0.3, 0.4) is 0 Å². The molecule has 0 radical (unpaired) electrons. The number of aryl methyl sites for hydroxylation is 1. The van der Waals surface area contributed by atoms with Crippen LogP contribution in [0.4, 0.5) is 22.0 Å². The zero-order valence-corrected chi connectivity index (χ0v) is 16.4. The minimum absolute atomic E-state index is 0.0246. The fraction of sp³-hybridized carbons (Fsp3) is 0.333. The monoisotopic (exact) mass is 439 g/mol. The molecular weight excluding hydrogens is 421 g/mol. The average molecular weight is 439 g/mol. The number of hydrogen-bond acceptors (Lipinski definition) is 2. The highest BCUT2D eigenvalue weighted by Gasteiger charge is 2.34. The van der Waals surface area contributed by atoms with Crippen molar-refractivity contribution in [1.29, 1.82) is 0 Å². The summed E-state index contributed by atoms with van der Waals surface area (Å²) in [6.45, 7) is 1.60. The highest BCUT2D eigenvalue weighted by atomic mass is 19.4. The van der Waals surface area contributed by atoms with Gasteiger partial charge in [-0.1, -0.05) is 6.07 Å². The number of aromatic nitrogens is 2. The first kappa shape index (κ1) is 21.1. The van der Waals surface area contributed by atoms with Gasteiger partial charge < -0.3 is 13.9 Å². The standard InChI is InChI=1S/C21H18F5N3O2/c1-12-9-28(11-18(30)27-6-4-14(22)10-27)20(31)19-15(5-7-29(12)19)13-2-3-17(23)16(8-13)21(24,25)26/h2-3,5,7-9,14H,4,6,10-11H2,1H3. The van der Waals surface area contributed by atoms with Crippen molar-refractivity contribution in [3.05, 3.63) is 64.1 Å². The molecule has 1 saturated heterocycles. The highest BCUT2D eigenvalue weighted by Crippen LogP contribution is 2.35. The molecule has 1 amide bonds. The Morgan fingerprint density at radius 1 is 1.23 bits per heavy atom. The number of carbonyl (C=O) groups excluding carboxylic acids is 1. The number of hydrogen-bond donors (Lipinski definition) is 0. The van der Waals surface area contributed by atoms with Gasteiger partial charge in [0.25, 0.3) is 5.56 Å². The fourth-order valence-corrected chi connectivity index (χ4v) is 3.88. The van der Waals surface area contributed by atoms with E-state index in [4.69, 9.17) is 0 Å². The van der Waals surface area contributed by atoms with Crippen LogP contribution in [0.2, 0.25) is 0 Å². The number of alkyl halides is 4. The Morgan fingerprint density at radius 3 is 2.61 bits per heavy atom. The second-order valence-electron chi connectivity index (χ2n) is 7.57. The summed E-state index contributed by atoms with van der Waals surface area (Å²) >= 11 is 0. The molecule has 0 spiro atoms. The lowest BCUT2D eigenvalue weighted by atomic mass is 10.0. The molecular formula is C21H18F5N3O2. The lowest BCUT2D eigenvalue weighted by molar-refractivity contribution is -0.140. The Kier molecular flexibility index (Phi) is 5.10. The number of rotatable bonds is 3. The number of carbonyl (C=O) groups is 1. The summed E-state index contributed by atoms with van der Waals surface area (Å²) in [5.74, 6) is -1.82. The van der Waals surface area contributed by atoms with E-state index in [2.05, 4.69) is 0 Å². The lowest BCUT2D eigenvalue weighted by Crippen LogP contribution is -2.35. The fourth-order valence-electron chi connectivity index (χ4n) is 3.88. The van der Waals surface area contributed by atoms with Gasteiger partial charge in [-0.3, -0.25) is 9.59 Å². The molecule has 0 aliphatic carbocycles. The minimum atomic E-state index is -4.89. The van der Waals surface area contributed by atoms with Crippen molar-refractivity contribution in [2.75, 3.05) is 13.1 Å². The van der Waals surface area contributed by atoms with E-state index in [-0.39, 0.29) is 42.7 Å². The van der Waals surface area contributed by atoms with Gasteiger partial charge in [0.05, 0.1) is 12.1 Å². The molecule has 2 aromatic heterocycles. The van der Waals surface area contributed by atoms with Crippen molar-refractivity contribution in [2.45, 2.75) is 32.2 Å². The molecule has 4 rings (SSSR count). The van der Waals surface area contributed by atoms with Crippen molar-refractivity contribution in [2.24, 2.45) is 0 Å². The Bertz CT molecular complexity index is 1230. The molecule has 1 fully saturated rings. The third-order valence-corrected chi connectivity index (χ3v) is 5.44. The third kappa shape index (κ3) is 3.82.